The van der Waals surface area contributed by atoms with Crippen LogP contribution in [0.15, 0.2) is 85.3 Å². The first-order valence-corrected chi connectivity index (χ1v) is 12.6. The van der Waals surface area contributed by atoms with Gasteiger partial charge in [-0.2, -0.15) is 0 Å². The lowest BCUT2D eigenvalue weighted by Gasteiger charge is -2.29. The highest BCUT2D eigenvalue weighted by molar-refractivity contribution is 6.04. The van der Waals surface area contributed by atoms with E-state index in [-0.39, 0.29) is 5.91 Å². The molecule has 3 aromatic heterocycles. The van der Waals surface area contributed by atoms with Crippen LogP contribution in [0.2, 0.25) is 0 Å². The summed E-state index contributed by atoms with van der Waals surface area (Å²) in [6.07, 6.45) is 5.17. The summed E-state index contributed by atoms with van der Waals surface area (Å²) in [6, 6.07) is 23.2. The molecule has 5 aromatic rings. The molecule has 38 heavy (non-hydrogen) atoms. The van der Waals surface area contributed by atoms with Gasteiger partial charge in [-0.1, -0.05) is 36.4 Å². The summed E-state index contributed by atoms with van der Waals surface area (Å²) in [5.41, 5.74) is 3.89. The first-order valence-electron chi connectivity index (χ1n) is 12.6. The van der Waals surface area contributed by atoms with Crippen LogP contribution in [0.4, 0.5) is 11.4 Å². The van der Waals surface area contributed by atoms with Crippen LogP contribution in [0.25, 0.3) is 17.2 Å². The number of anilines is 2. The molecule has 0 saturated carbocycles. The fourth-order valence-electron chi connectivity index (χ4n) is 4.86. The number of benzene rings is 2. The highest BCUT2D eigenvalue weighted by atomic mass is 16.5. The van der Waals surface area contributed by atoms with Gasteiger partial charge in [-0.05, 0) is 56.2 Å². The summed E-state index contributed by atoms with van der Waals surface area (Å²) in [5.74, 6) is 1.11. The molecule has 2 aromatic carbocycles. The van der Waals surface area contributed by atoms with Gasteiger partial charge in [-0.25, -0.2) is 19.6 Å². The average molecular weight is 506 g/mol. The van der Waals surface area contributed by atoms with Crippen molar-refractivity contribution in [1.82, 2.24) is 29.3 Å². The molecule has 6 rings (SSSR count). The number of pyridine rings is 1. The van der Waals surface area contributed by atoms with E-state index in [0.29, 0.717) is 36.2 Å². The number of hydrogen-bond acceptors (Lipinski definition) is 6. The average Bonchev–Trinajstić information content (AvgIpc) is 3.60. The maximum atomic E-state index is 14.1. The number of hydrogen-bond donors (Lipinski definition) is 0. The van der Waals surface area contributed by atoms with Gasteiger partial charge in [0.15, 0.2) is 5.82 Å². The summed E-state index contributed by atoms with van der Waals surface area (Å²) in [4.78, 5) is 29.7. The second-order valence-electron chi connectivity index (χ2n) is 9.20. The van der Waals surface area contributed by atoms with E-state index in [1.165, 1.54) is 0 Å². The Balaban J connectivity index is 1.36. The standard InChI is InChI=1S/C29H27N7O2/c1-20-18-34(19-30-20)25-16-15-24(31-28(25)38-2)26-32-27-23(14-9-17-35(27)33-26)29(37)36(21-10-5-3-6-11-21)22-12-7-4-8-13-22/h3-8,10-13,15-16,18-19,23H,9,14,17H2,1-2H3/t23-/m1/s1. The van der Waals surface area contributed by atoms with Crippen molar-refractivity contribution in [1.29, 1.82) is 0 Å². The number of carbonyl (C=O) groups is 1. The van der Waals surface area contributed by atoms with Gasteiger partial charge in [0.25, 0.3) is 0 Å². The Hall–Kier alpha value is -4.79. The highest BCUT2D eigenvalue weighted by Gasteiger charge is 2.35. The van der Waals surface area contributed by atoms with E-state index in [2.05, 4.69) is 9.97 Å². The van der Waals surface area contributed by atoms with Crippen LogP contribution in [-0.4, -0.2) is 42.3 Å². The number of carbonyl (C=O) groups excluding carboxylic acids is 1. The number of aromatic nitrogens is 6. The minimum absolute atomic E-state index is 0.0290. The summed E-state index contributed by atoms with van der Waals surface area (Å²) in [5, 5.41) is 4.74. The zero-order chi connectivity index (χ0) is 26.1. The normalized spacial score (nSPS) is 14.6. The van der Waals surface area contributed by atoms with Gasteiger partial charge in [-0.15, -0.1) is 5.10 Å². The van der Waals surface area contributed by atoms with Gasteiger partial charge in [-0.3, -0.25) is 9.69 Å². The smallest absolute Gasteiger partial charge is 0.242 e. The van der Waals surface area contributed by atoms with Crippen molar-refractivity contribution in [3.63, 3.8) is 0 Å². The molecule has 0 unspecified atom stereocenters. The van der Waals surface area contributed by atoms with Crippen molar-refractivity contribution >= 4 is 17.3 Å². The Bertz CT molecular complexity index is 1540. The van der Waals surface area contributed by atoms with Crippen LogP contribution in [0.5, 0.6) is 5.88 Å². The Morgan fingerprint density at radius 2 is 1.68 bits per heavy atom. The zero-order valence-corrected chi connectivity index (χ0v) is 21.2. The van der Waals surface area contributed by atoms with Crippen molar-refractivity contribution in [3.05, 3.63) is 96.8 Å². The Morgan fingerprint density at radius 1 is 0.974 bits per heavy atom. The first kappa shape index (κ1) is 23.6. The van der Waals surface area contributed by atoms with Crippen LogP contribution < -0.4 is 9.64 Å². The Morgan fingerprint density at radius 3 is 2.32 bits per heavy atom. The number of nitrogens with zero attached hydrogens (tertiary/aromatic N) is 7. The number of ether oxygens (including phenoxy) is 1. The van der Waals surface area contributed by atoms with E-state index in [1.54, 1.807) is 18.3 Å². The second-order valence-corrected chi connectivity index (χ2v) is 9.20. The molecule has 9 heteroatoms. The number of fused-ring (bicyclic) bond motifs is 1. The molecule has 1 aliphatic heterocycles. The summed E-state index contributed by atoms with van der Waals surface area (Å²) >= 11 is 0. The molecular weight excluding hydrogens is 478 g/mol. The van der Waals surface area contributed by atoms with E-state index in [9.17, 15) is 4.79 Å². The molecule has 0 radical (unpaired) electrons. The molecule has 4 heterocycles. The van der Waals surface area contributed by atoms with Crippen LogP contribution in [0.1, 0.15) is 30.3 Å². The fraction of sp³-hybridized carbons (Fsp3) is 0.207. The summed E-state index contributed by atoms with van der Waals surface area (Å²) in [6.45, 7) is 2.63. The van der Waals surface area contributed by atoms with Gasteiger partial charge >= 0.3 is 0 Å². The van der Waals surface area contributed by atoms with E-state index < -0.39 is 5.92 Å². The van der Waals surface area contributed by atoms with Gasteiger partial charge in [0, 0.05) is 24.1 Å². The minimum atomic E-state index is -0.430. The Labute approximate surface area is 220 Å². The largest absolute Gasteiger partial charge is 0.479 e. The lowest BCUT2D eigenvalue weighted by molar-refractivity contribution is -0.120. The molecule has 0 N–H and O–H groups in total. The number of imidazole rings is 1. The van der Waals surface area contributed by atoms with Gasteiger partial charge < -0.3 is 9.30 Å². The van der Waals surface area contributed by atoms with Crippen LogP contribution in [0.3, 0.4) is 0 Å². The molecule has 9 nitrogen and oxygen atoms in total. The maximum Gasteiger partial charge on any atom is 0.242 e. The molecular formula is C29H27N7O2. The van der Waals surface area contributed by atoms with Crippen molar-refractivity contribution in [2.24, 2.45) is 0 Å². The predicted octanol–water partition coefficient (Wildman–Crippen LogP) is 5.09. The molecule has 1 atom stereocenters. The topological polar surface area (TPSA) is 91.0 Å². The number of rotatable bonds is 6. The van der Waals surface area contributed by atoms with Crippen LogP contribution in [0, 0.1) is 6.92 Å². The first-order chi connectivity index (χ1) is 18.6. The number of para-hydroxylation sites is 2. The molecule has 0 spiro atoms. The van der Waals surface area contributed by atoms with Crippen LogP contribution in [-0.2, 0) is 11.3 Å². The summed E-state index contributed by atoms with van der Waals surface area (Å²) < 4.78 is 9.29. The molecule has 0 saturated heterocycles. The molecule has 1 amide bonds. The van der Waals surface area contributed by atoms with Crippen molar-refractivity contribution in [3.8, 4) is 23.1 Å². The number of aryl methyl sites for hydroxylation is 2. The molecule has 0 fully saturated rings. The van der Waals surface area contributed by atoms with Crippen LogP contribution >= 0.6 is 0 Å². The van der Waals surface area contributed by atoms with Gasteiger partial charge in [0.1, 0.15) is 17.2 Å². The molecule has 190 valence electrons. The monoisotopic (exact) mass is 505 g/mol. The third kappa shape index (κ3) is 4.32. The zero-order valence-electron chi connectivity index (χ0n) is 21.2. The quantitative estimate of drug-likeness (QED) is 0.319. The maximum absolute atomic E-state index is 14.1. The highest BCUT2D eigenvalue weighted by Crippen LogP contribution is 2.35. The van der Waals surface area contributed by atoms with Crippen molar-refractivity contribution in [2.75, 3.05) is 12.0 Å². The Kier molecular flexibility index (Phi) is 6.17. The third-order valence-corrected chi connectivity index (χ3v) is 6.67. The molecule has 0 aliphatic carbocycles. The van der Waals surface area contributed by atoms with E-state index >= 15 is 0 Å². The molecule has 0 bridgehead atoms. The van der Waals surface area contributed by atoms with E-state index in [4.69, 9.17) is 14.8 Å². The SMILES string of the molecule is COc1nc(-c2nc3n(n2)CCC[C@H]3C(=O)N(c2ccccc2)c2ccccc2)ccc1-n1cnc(C)c1. The fourth-order valence-corrected chi connectivity index (χ4v) is 4.86. The van der Waals surface area contributed by atoms with E-state index in [0.717, 1.165) is 29.2 Å². The second kappa shape index (κ2) is 9.93. The van der Waals surface area contributed by atoms with Crippen molar-refractivity contribution in [2.45, 2.75) is 32.2 Å². The third-order valence-electron chi connectivity index (χ3n) is 6.67. The lowest BCUT2D eigenvalue weighted by atomic mass is 9.96. The minimum Gasteiger partial charge on any atom is -0.479 e. The number of methoxy groups -OCH3 is 1. The number of amides is 1. The molecule has 1 aliphatic rings. The van der Waals surface area contributed by atoms with E-state index in [1.807, 2.05) is 95.2 Å². The lowest BCUT2D eigenvalue weighted by Crippen LogP contribution is -2.34. The van der Waals surface area contributed by atoms with Gasteiger partial charge in [0.2, 0.25) is 11.8 Å². The van der Waals surface area contributed by atoms with Gasteiger partial charge in [0.05, 0.1) is 25.0 Å². The predicted molar refractivity (Wildman–Crippen MR) is 144 cm³/mol. The summed E-state index contributed by atoms with van der Waals surface area (Å²) in [7, 11) is 1.58. The van der Waals surface area contributed by atoms with Crippen molar-refractivity contribution < 1.29 is 9.53 Å².